The molecular formula is C21H25N3O2. The minimum Gasteiger partial charge on any atom is -0.338 e. The molecule has 5 heteroatoms. The van der Waals surface area contributed by atoms with Gasteiger partial charge in [-0.25, -0.2) is 4.79 Å². The topological polar surface area (TPSA) is 61.4 Å². The van der Waals surface area contributed by atoms with Gasteiger partial charge in [-0.05, 0) is 29.5 Å². The van der Waals surface area contributed by atoms with E-state index >= 15 is 0 Å². The molecule has 0 radical (unpaired) electrons. The van der Waals surface area contributed by atoms with E-state index in [9.17, 15) is 9.59 Å². The van der Waals surface area contributed by atoms with Gasteiger partial charge in [0.05, 0.1) is 0 Å². The van der Waals surface area contributed by atoms with Crippen molar-refractivity contribution in [3.05, 3.63) is 65.7 Å². The van der Waals surface area contributed by atoms with Gasteiger partial charge >= 0.3 is 6.03 Å². The second kappa shape index (κ2) is 8.04. The van der Waals surface area contributed by atoms with Crippen LogP contribution in [-0.2, 0) is 11.2 Å². The van der Waals surface area contributed by atoms with Crippen molar-refractivity contribution in [2.75, 3.05) is 18.0 Å². The average molecular weight is 351 g/mol. The van der Waals surface area contributed by atoms with E-state index in [1.807, 2.05) is 68.4 Å². The van der Waals surface area contributed by atoms with Gasteiger partial charge in [0.2, 0.25) is 0 Å². The Labute approximate surface area is 154 Å². The third kappa shape index (κ3) is 4.04. The highest BCUT2D eigenvalue weighted by Gasteiger charge is 2.32. The number of rotatable bonds is 5. The largest absolute Gasteiger partial charge is 0.338 e. The lowest BCUT2D eigenvalue weighted by atomic mass is 10.1. The van der Waals surface area contributed by atoms with Crippen LogP contribution in [0.4, 0.5) is 10.5 Å². The first-order valence-electron chi connectivity index (χ1n) is 9.05. The molecule has 136 valence electrons. The van der Waals surface area contributed by atoms with E-state index in [-0.39, 0.29) is 11.9 Å². The van der Waals surface area contributed by atoms with Gasteiger partial charge < -0.3 is 15.5 Å². The lowest BCUT2D eigenvalue weighted by Gasteiger charge is -2.25. The van der Waals surface area contributed by atoms with Gasteiger partial charge in [-0.15, -0.1) is 0 Å². The predicted octanol–water partition coefficient (Wildman–Crippen LogP) is 3.27. The van der Waals surface area contributed by atoms with E-state index < -0.39 is 6.04 Å². The number of para-hydroxylation sites is 1. The zero-order valence-electron chi connectivity index (χ0n) is 15.2. The molecule has 1 aliphatic rings. The first-order chi connectivity index (χ1) is 12.6. The summed E-state index contributed by atoms with van der Waals surface area (Å²) < 4.78 is 0. The molecular weight excluding hydrogens is 326 g/mol. The first kappa shape index (κ1) is 18.0. The lowest BCUT2D eigenvalue weighted by Crippen LogP contribution is -2.46. The van der Waals surface area contributed by atoms with Crippen LogP contribution < -0.4 is 15.5 Å². The Bertz CT molecular complexity index is 774. The summed E-state index contributed by atoms with van der Waals surface area (Å²) in [5.41, 5.74) is 2.88. The molecule has 3 rings (SSSR count). The quantitative estimate of drug-likeness (QED) is 0.868. The molecule has 26 heavy (non-hydrogen) atoms. The fraction of sp³-hybridized carbons (Fsp3) is 0.333. The monoisotopic (exact) mass is 351 g/mol. The van der Waals surface area contributed by atoms with Crippen LogP contribution in [0.15, 0.2) is 54.6 Å². The molecule has 0 aliphatic carbocycles. The number of nitrogens with one attached hydrogen (secondary N) is 2. The molecule has 0 spiro atoms. The normalized spacial score (nSPS) is 14.0. The summed E-state index contributed by atoms with van der Waals surface area (Å²) in [6.07, 6.45) is 0.836. The van der Waals surface area contributed by atoms with Crippen LogP contribution >= 0.6 is 0 Å². The Balaban J connectivity index is 1.82. The summed E-state index contributed by atoms with van der Waals surface area (Å²) >= 11 is 0. The van der Waals surface area contributed by atoms with Gasteiger partial charge in [0.25, 0.3) is 5.91 Å². The predicted molar refractivity (Wildman–Crippen MR) is 103 cm³/mol. The first-order valence-corrected chi connectivity index (χ1v) is 9.05. The van der Waals surface area contributed by atoms with Crippen LogP contribution in [0, 0.1) is 5.92 Å². The smallest absolute Gasteiger partial charge is 0.315 e. The number of nitrogens with zero attached hydrogens (tertiary/aromatic N) is 1. The Morgan fingerprint density at radius 1 is 1.04 bits per heavy atom. The molecule has 2 N–H and O–H groups in total. The van der Waals surface area contributed by atoms with Crippen molar-refractivity contribution in [3.63, 3.8) is 0 Å². The molecule has 1 atom stereocenters. The standard InChI is InChI=1S/C21H25N3O2/c1-15(2)14-22-21(26)23-19(17-9-4-3-5-10-17)20(25)24-13-12-16-8-6-7-11-18(16)24/h3-11,15,19H,12-14H2,1-2H3,(H2,22,23,26)/t19-/m0/s1. The maximum Gasteiger partial charge on any atom is 0.315 e. The van der Waals surface area contributed by atoms with Gasteiger partial charge in [-0.3, -0.25) is 4.79 Å². The van der Waals surface area contributed by atoms with Crippen molar-refractivity contribution in [3.8, 4) is 0 Å². The minimum atomic E-state index is -0.713. The van der Waals surface area contributed by atoms with E-state index in [2.05, 4.69) is 10.6 Å². The van der Waals surface area contributed by atoms with Crippen molar-refractivity contribution in [1.29, 1.82) is 0 Å². The summed E-state index contributed by atoms with van der Waals surface area (Å²) in [5.74, 6) is 0.234. The number of urea groups is 1. The van der Waals surface area contributed by atoms with Crippen molar-refractivity contribution in [1.82, 2.24) is 10.6 Å². The van der Waals surface area contributed by atoms with E-state index in [1.165, 1.54) is 0 Å². The Morgan fingerprint density at radius 2 is 1.73 bits per heavy atom. The number of hydrogen-bond donors (Lipinski definition) is 2. The number of anilines is 1. The number of carbonyl (C=O) groups is 2. The van der Waals surface area contributed by atoms with Crippen molar-refractivity contribution in [2.24, 2.45) is 5.92 Å². The molecule has 2 aromatic carbocycles. The molecule has 5 nitrogen and oxygen atoms in total. The van der Waals surface area contributed by atoms with Crippen LogP contribution in [0.25, 0.3) is 0 Å². The second-order valence-corrected chi connectivity index (χ2v) is 6.96. The third-order valence-electron chi connectivity index (χ3n) is 4.48. The number of hydrogen-bond acceptors (Lipinski definition) is 2. The summed E-state index contributed by atoms with van der Waals surface area (Å²) in [7, 11) is 0. The molecule has 3 amide bonds. The number of benzene rings is 2. The SMILES string of the molecule is CC(C)CNC(=O)N[C@H](C(=O)N1CCc2ccccc21)c1ccccc1. The van der Waals surface area contributed by atoms with Crippen LogP contribution in [-0.4, -0.2) is 25.0 Å². The highest BCUT2D eigenvalue weighted by atomic mass is 16.2. The molecule has 0 saturated heterocycles. The zero-order valence-corrected chi connectivity index (χ0v) is 15.2. The van der Waals surface area contributed by atoms with Crippen LogP contribution in [0.5, 0.6) is 0 Å². The van der Waals surface area contributed by atoms with Crippen molar-refractivity contribution in [2.45, 2.75) is 26.3 Å². The number of carbonyl (C=O) groups excluding carboxylic acids is 2. The maximum absolute atomic E-state index is 13.3. The van der Waals surface area contributed by atoms with Crippen LogP contribution in [0.1, 0.15) is 31.0 Å². The van der Waals surface area contributed by atoms with Gasteiger partial charge in [-0.2, -0.15) is 0 Å². The fourth-order valence-electron chi connectivity index (χ4n) is 3.14. The average Bonchev–Trinajstić information content (AvgIpc) is 3.09. The molecule has 0 fully saturated rings. The molecule has 1 aliphatic heterocycles. The van der Waals surface area contributed by atoms with E-state index in [1.54, 1.807) is 4.90 Å². The minimum absolute atomic E-state index is 0.110. The van der Waals surface area contributed by atoms with Crippen LogP contribution in [0.3, 0.4) is 0 Å². The van der Waals surface area contributed by atoms with Gasteiger partial charge in [0.1, 0.15) is 6.04 Å². The lowest BCUT2D eigenvalue weighted by molar-refractivity contribution is -0.120. The third-order valence-corrected chi connectivity index (χ3v) is 4.48. The molecule has 0 aromatic heterocycles. The van der Waals surface area contributed by atoms with E-state index in [0.29, 0.717) is 19.0 Å². The van der Waals surface area contributed by atoms with Crippen molar-refractivity contribution >= 4 is 17.6 Å². The van der Waals surface area contributed by atoms with Gasteiger partial charge in [-0.1, -0.05) is 62.4 Å². The summed E-state index contributed by atoms with van der Waals surface area (Å²) in [6, 6.07) is 16.3. The van der Waals surface area contributed by atoms with Crippen LogP contribution in [0.2, 0.25) is 0 Å². The molecule has 1 heterocycles. The molecule has 2 aromatic rings. The Kier molecular flexibility index (Phi) is 5.56. The maximum atomic E-state index is 13.3. The molecule has 0 bridgehead atoms. The molecule has 0 unspecified atom stereocenters. The summed E-state index contributed by atoms with van der Waals surface area (Å²) in [5, 5.41) is 5.68. The highest BCUT2D eigenvalue weighted by Crippen LogP contribution is 2.30. The van der Waals surface area contributed by atoms with Gasteiger partial charge in [0.15, 0.2) is 0 Å². The summed E-state index contributed by atoms with van der Waals surface area (Å²) in [6.45, 7) is 5.26. The van der Waals surface area contributed by atoms with E-state index in [4.69, 9.17) is 0 Å². The Morgan fingerprint density at radius 3 is 2.46 bits per heavy atom. The Hall–Kier alpha value is -2.82. The second-order valence-electron chi connectivity index (χ2n) is 6.96. The zero-order chi connectivity index (χ0) is 18.5. The number of amides is 3. The highest BCUT2D eigenvalue weighted by molar-refractivity contribution is 6.01. The van der Waals surface area contributed by atoms with Gasteiger partial charge in [0, 0.05) is 18.8 Å². The number of fused-ring (bicyclic) bond motifs is 1. The fourth-order valence-corrected chi connectivity index (χ4v) is 3.14. The molecule has 0 saturated carbocycles. The van der Waals surface area contributed by atoms with Crippen molar-refractivity contribution < 1.29 is 9.59 Å². The summed E-state index contributed by atoms with van der Waals surface area (Å²) in [4.78, 5) is 27.3. The van der Waals surface area contributed by atoms with E-state index in [0.717, 1.165) is 23.2 Å².